The second kappa shape index (κ2) is 11.6. The Kier molecular flexibility index (Phi) is 8.04. The Hall–Kier alpha value is -3.51. The fourth-order valence-electron chi connectivity index (χ4n) is 4.29. The van der Waals surface area contributed by atoms with Crippen LogP contribution in [0.25, 0.3) is 11.1 Å². The molecule has 0 atom stereocenters. The van der Waals surface area contributed by atoms with Gasteiger partial charge in [0, 0.05) is 31.0 Å². The number of nitrogens with zero attached hydrogens (tertiary/aromatic N) is 1. The molecule has 0 unspecified atom stereocenters. The first-order valence-corrected chi connectivity index (χ1v) is 11.9. The third kappa shape index (κ3) is 5.88. The van der Waals surface area contributed by atoms with Gasteiger partial charge in [-0.15, -0.1) is 0 Å². The Morgan fingerprint density at radius 2 is 1.71 bits per heavy atom. The van der Waals surface area contributed by atoms with Crippen LogP contribution in [-0.2, 0) is 0 Å². The van der Waals surface area contributed by atoms with E-state index in [1.807, 2.05) is 55.6 Å². The summed E-state index contributed by atoms with van der Waals surface area (Å²) < 4.78 is 11.5. The minimum Gasteiger partial charge on any atom is -0.493 e. The van der Waals surface area contributed by atoms with Crippen LogP contribution < -0.4 is 20.1 Å². The van der Waals surface area contributed by atoms with Crippen molar-refractivity contribution >= 4 is 17.3 Å². The van der Waals surface area contributed by atoms with E-state index in [1.165, 1.54) is 19.3 Å². The fraction of sp³-hybridized carbons (Fsp3) is 0.321. The molecule has 0 bridgehead atoms. The number of carbonyl (C=O) groups is 1. The van der Waals surface area contributed by atoms with Crippen LogP contribution in [-0.4, -0.2) is 51.2 Å². The highest BCUT2D eigenvalue weighted by Gasteiger charge is 2.15. The van der Waals surface area contributed by atoms with Gasteiger partial charge in [0.2, 0.25) is 0 Å². The Labute approximate surface area is 201 Å². The standard InChI is InChI=1S/C28H33N3O3/c1-29-25-19-22(21-9-5-3-6-10-21)11-13-24(25)28(32)30-23-12-14-26(27(20-23)33-2)34-18-17-31-15-7-4-8-16-31/h3,5-6,9-14,19-20,29H,4,7-8,15-18H2,1-2H3,(H,30,32). The number of nitrogens with one attached hydrogen (secondary N) is 2. The second-order valence-electron chi connectivity index (χ2n) is 8.45. The van der Waals surface area contributed by atoms with Gasteiger partial charge in [-0.05, 0) is 61.3 Å². The topological polar surface area (TPSA) is 62.8 Å². The smallest absolute Gasteiger partial charge is 0.257 e. The number of amides is 1. The summed E-state index contributed by atoms with van der Waals surface area (Å²) in [6.45, 7) is 3.81. The van der Waals surface area contributed by atoms with Crippen LogP contribution in [0.4, 0.5) is 11.4 Å². The summed E-state index contributed by atoms with van der Waals surface area (Å²) in [5, 5.41) is 6.12. The highest BCUT2D eigenvalue weighted by Crippen LogP contribution is 2.31. The molecule has 6 nitrogen and oxygen atoms in total. The molecule has 0 spiro atoms. The van der Waals surface area contributed by atoms with Crippen LogP contribution in [0.5, 0.6) is 11.5 Å². The molecule has 1 amide bonds. The molecule has 0 saturated carbocycles. The zero-order chi connectivity index (χ0) is 23.8. The average molecular weight is 460 g/mol. The van der Waals surface area contributed by atoms with Gasteiger partial charge in [-0.1, -0.05) is 42.8 Å². The Morgan fingerprint density at radius 3 is 2.44 bits per heavy atom. The molecule has 0 aromatic heterocycles. The van der Waals surface area contributed by atoms with Gasteiger partial charge in [0.1, 0.15) is 6.61 Å². The van der Waals surface area contributed by atoms with Crippen LogP contribution >= 0.6 is 0 Å². The number of anilines is 2. The van der Waals surface area contributed by atoms with Crippen LogP contribution in [0, 0.1) is 0 Å². The first-order valence-electron chi connectivity index (χ1n) is 11.9. The fourth-order valence-corrected chi connectivity index (χ4v) is 4.29. The molecule has 2 N–H and O–H groups in total. The van der Waals surface area contributed by atoms with Gasteiger partial charge in [-0.3, -0.25) is 9.69 Å². The van der Waals surface area contributed by atoms with Gasteiger partial charge in [0.25, 0.3) is 5.91 Å². The van der Waals surface area contributed by atoms with Gasteiger partial charge >= 0.3 is 0 Å². The van der Waals surface area contributed by atoms with Gasteiger partial charge < -0.3 is 20.1 Å². The van der Waals surface area contributed by atoms with E-state index < -0.39 is 0 Å². The molecule has 3 aromatic carbocycles. The summed E-state index contributed by atoms with van der Waals surface area (Å²) in [5.74, 6) is 1.09. The summed E-state index contributed by atoms with van der Waals surface area (Å²) >= 11 is 0. The number of piperidine rings is 1. The third-order valence-corrected chi connectivity index (χ3v) is 6.18. The van der Waals surface area contributed by atoms with Crippen molar-refractivity contribution in [3.63, 3.8) is 0 Å². The second-order valence-corrected chi connectivity index (χ2v) is 8.45. The highest BCUT2D eigenvalue weighted by atomic mass is 16.5. The molecule has 0 radical (unpaired) electrons. The van der Waals surface area contributed by atoms with Crippen molar-refractivity contribution in [2.45, 2.75) is 19.3 Å². The van der Waals surface area contributed by atoms with Crippen molar-refractivity contribution in [1.29, 1.82) is 0 Å². The molecule has 1 heterocycles. The van der Waals surface area contributed by atoms with E-state index in [4.69, 9.17) is 9.47 Å². The number of ether oxygens (including phenoxy) is 2. The zero-order valence-corrected chi connectivity index (χ0v) is 20.0. The lowest BCUT2D eigenvalue weighted by Crippen LogP contribution is -2.33. The monoisotopic (exact) mass is 459 g/mol. The number of hydrogen-bond acceptors (Lipinski definition) is 5. The van der Waals surface area contributed by atoms with Crippen molar-refractivity contribution in [3.8, 4) is 22.6 Å². The third-order valence-electron chi connectivity index (χ3n) is 6.18. The van der Waals surface area contributed by atoms with E-state index in [0.29, 0.717) is 29.4 Å². The Bertz CT molecular complexity index is 1100. The number of carbonyl (C=O) groups excluding carboxylic acids is 1. The molecule has 0 aliphatic carbocycles. The van der Waals surface area contributed by atoms with Gasteiger partial charge in [0.05, 0.1) is 12.7 Å². The average Bonchev–Trinajstić information content (AvgIpc) is 2.90. The predicted octanol–water partition coefficient (Wildman–Crippen LogP) is 5.52. The lowest BCUT2D eigenvalue weighted by atomic mass is 10.0. The van der Waals surface area contributed by atoms with Gasteiger partial charge in [-0.2, -0.15) is 0 Å². The SMILES string of the molecule is CNc1cc(-c2ccccc2)ccc1C(=O)Nc1ccc(OCCN2CCCCC2)c(OC)c1. The maximum absolute atomic E-state index is 13.0. The van der Waals surface area contributed by atoms with Crippen molar-refractivity contribution in [2.75, 3.05) is 51.0 Å². The molecule has 4 rings (SSSR count). The van der Waals surface area contributed by atoms with E-state index in [0.717, 1.165) is 36.4 Å². The van der Waals surface area contributed by atoms with Crippen LogP contribution in [0.15, 0.2) is 66.7 Å². The molecule has 6 heteroatoms. The first kappa shape index (κ1) is 23.6. The normalized spacial score (nSPS) is 13.8. The van der Waals surface area contributed by atoms with Crippen molar-refractivity contribution in [1.82, 2.24) is 4.90 Å². The summed E-state index contributed by atoms with van der Waals surface area (Å²) in [7, 11) is 3.43. The van der Waals surface area contributed by atoms with Crippen molar-refractivity contribution in [2.24, 2.45) is 0 Å². The molecule has 1 aliphatic rings. The largest absolute Gasteiger partial charge is 0.493 e. The lowest BCUT2D eigenvalue weighted by molar-refractivity contribution is 0.102. The number of benzene rings is 3. The molecule has 1 aliphatic heterocycles. The summed E-state index contributed by atoms with van der Waals surface area (Å²) in [6, 6.07) is 21.4. The predicted molar refractivity (Wildman–Crippen MR) is 138 cm³/mol. The number of methoxy groups -OCH3 is 1. The number of hydrogen-bond donors (Lipinski definition) is 2. The maximum atomic E-state index is 13.0. The summed E-state index contributed by atoms with van der Waals surface area (Å²) in [6.07, 6.45) is 3.86. The van der Waals surface area contributed by atoms with Gasteiger partial charge in [-0.25, -0.2) is 0 Å². The molecule has 178 valence electrons. The highest BCUT2D eigenvalue weighted by molar-refractivity contribution is 6.08. The molecular weight excluding hydrogens is 426 g/mol. The van der Waals surface area contributed by atoms with E-state index in [9.17, 15) is 4.79 Å². The minimum absolute atomic E-state index is 0.190. The zero-order valence-electron chi connectivity index (χ0n) is 20.0. The minimum atomic E-state index is -0.190. The Balaban J connectivity index is 1.42. The summed E-state index contributed by atoms with van der Waals surface area (Å²) in [5.41, 5.74) is 4.15. The van der Waals surface area contributed by atoms with Crippen LogP contribution in [0.2, 0.25) is 0 Å². The molecule has 34 heavy (non-hydrogen) atoms. The maximum Gasteiger partial charge on any atom is 0.257 e. The number of rotatable bonds is 9. The summed E-state index contributed by atoms with van der Waals surface area (Å²) in [4.78, 5) is 15.5. The van der Waals surface area contributed by atoms with Gasteiger partial charge in [0.15, 0.2) is 11.5 Å². The van der Waals surface area contributed by atoms with E-state index in [2.05, 4.69) is 27.7 Å². The van der Waals surface area contributed by atoms with Crippen molar-refractivity contribution in [3.05, 3.63) is 72.3 Å². The van der Waals surface area contributed by atoms with Crippen LogP contribution in [0.3, 0.4) is 0 Å². The molecule has 3 aromatic rings. The van der Waals surface area contributed by atoms with Crippen LogP contribution in [0.1, 0.15) is 29.6 Å². The van der Waals surface area contributed by atoms with Crippen molar-refractivity contribution < 1.29 is 14.3 Å². The lowest BCUT2D eigenvalue weighted by Gasteiger charge is -2.26. The molecule has 1 saturated heterocycles. The number of likely N-dealkylation sites (tertiary alicyclic amines) is 1. The quantitative estimate of drug-likeness (QED) is 0.441. The van der Waals surface area contributed by atoms with E-state index in [-0.39, 0.29) is 5.91 Å². The van der Waals surface area contributed by atoms with E-state index >= 15 is 0 Å². The first-order chi connectivity index (χ1) is 16.7. The Morgan fingerprint density at radius 1 is 0.912 bits per heavy atom. The molecule has 1 fully saturated rings. The molecular formula is C28H33N3O3. The van der Waals surface area contributed by atoms with E-state index in [1.54, 1.807) is 13.2 Å².